The van der Waals surface area contributed by atoms with Gasteiger partial charge in [0.15, 0.2) is 0 Å². The number of nitrogens with zero attached hydrogens (tertiary/aromatic N) is 1. The molecule has 0 spiro atoms. The van der Waals surface area contributed by atoms with Gasteiger partial charge in [0.25, 0.3) is 0 Å². The summed E-state index contributed by atoms with van der Waals surface area (Å²) in [5.74, 6) is 0. The van der Waals surface area contributed by atoms with E-state index in [1.807, 2.05) is 0 Å². The van der Waals surface area contributed by atoms with Crippen molar-refractivity contribution >= 4 is 15.6 Å². The third kappa shape index (κ3) is 3.38. The Labute approximate surface area is 39.2 Å². The molecule has 2 nitrogen and oxygen atoms in total. The normalized spacial score (nSPS) is 7.17. The Bertz CT molecular complexity index is 93.5. The lowest BCUT2D eigenvalue weighted by molar-refractivity contribution is -0.110. The highest BCUT2D eigenvalue weighted by molar-refractivity contribution is 6.57. The summed E-state index contributed by atoms with van der Waals surface area (Å²) in [5.41, 5.74) is 0. The average Bonchev–Trinajstić information content (AvgIpc) is 1.35. The minimum absolute atomic E-state index is 0.0671. The van der Waals surface area contributed by atoms with Crippen LogP contribution in [0.25, 0.3) is 0 Å². The summed E-state index contributed by atoms with van der Waals surface area (Å²) in [7, 11) is 0.517. The smallest absolute Gasteiger partial charge is 0.114 e. The number of carbonyl (C=O) groups is 1. The van der Waals surface area contributed by atoms with Crippen molar-refractivity contribution in [2.45, 2.75) is 6.42 Å². The van der Waals surface area contributed by atoms with Gasteiger partial charge < -0.3 is 4.79 Å². The molecule has 0 aliphatic carbocycles. The number of nitriles is 1. The van der Waals surface area contributed by atoms with Crippen molar-refractivity contribution in [1.29, 1.82) is 5.26 Å². The van der Waals surface area contributed by atoms with Gasteiger partial charge in [0.05, 0.1) is 22.7 Å². The van der Waals surface area contributed by atoms with Crippen LogP contribution in [-0.2, 0) is 4.79 Å². The monoisotopic (exact) mass is 99.0 g/mol. The highest BCUT2D eigenvalue weighted by Gasteiger charge is 1.83. The van der Waals surface area contributed by atoms with Gasteiger partial charge in [0.2, 0.25) is 0 Å². The zero-order valence-electron chi connectivity index (χ0n) is 3.56. The van der Waals surface area contributed by atoms with Crippen molar-refractivity contribution in [3.05, 3.63) is 0 Å². The summed E-state index contributed by atoms with van der Waals surface area (Å²) in [5, 5.41) is 7.86. The van der Waals surface area contributed by atoms with Gasteiger partial charge in [0.1, 0.15) is 5.41 Å². The van der Waals surface area contributed by atoms with E-state index in [-0.39, 0.29) is 11.8 Å². The van der Waals surface area contributed by atoms with Crippen LogP contribution in [0.15, 0.2) is 0 Å². The minimum Gasteiger partial charge on any atom is -0.305 e. The van der Waals surface area contributed by atoms with Crippen LogP contribution >= 0.6 is 0 Å². The lowest BCUT2D eigenvalue weighted by Gasteiger charge is -1.69. The van der Waals surface area contributed by atoms with Crippen LogP contribution in [0.3, 0.4) is 0 Å². The van der Waals surface area contributed by atoms with Gasteiger partial charge in [-0.1, -0.05) is 0 Å². The zero-order chi connectivity index (χ0) is 4.99. The minimum atomic E-state index is 0.0671. The largest absolute Gasteiger partial charge is 0.305 e. The van der Waals surface area contributed by atoms with Crippen molar-refractivity contribution in [2.75, 3.05) is 0 Å². The summed E-state index contributed by atoms with van der Waals surface area (Å²) in [6.45, 7) is 0. The second-order valence-electron chi connectivity index (χ2n) is 1.04. The number of rotatable bonds is 1. The Kier molecular flexibility index (Phi) is 2.33. The van der Waals surface area contributed by atoms with E-state index in [1.54, 1.807) is 6.07 Å². The van der Waals surface area contributed by atoms with Gasteiger partial charge in [-0.05, 0) is 0 Å². The Morgan fingerprint density at radius 2 is 2.50 bits per heavy atom. The second kappa shape index (κ2) is 2.61. The maximum atomic E-state index is 9.88. The van der Waals surface area contributed by atoms with E-state index in [0.717, 1.165) is 0 Å². The van der Waals surface area contributed by atoms with Gasteiger partial charge in [0, 0.05) is 0 Å². The standard InChI is InChI=1S/C3H5NOSi/c4-2-1-3(5)6/h1H2,6H3. The predicted molar refractivity (Wildman–Crippen MR) is 25.2 cm³/mol. The molecule has 0 atom stereocenters. The van der Waals surface area contributed by atoms with Gasteiger partial charge in [-0.3, -0.25) is 0 Å². The molecule has 3 heteroatoms. The molecular formula is C3H5NOSi. The molecule has 0 aromatic rings. The molecule has 0 radical (unpaired) electrons. The van der Waals surface area contributed by atoms with E-state index in [9.17, 15) is 4.79 Å². The van der Waals surface area contributed by atoms with Crippen LogP contribution in [0, 0.1) is 11.3 Å². The van der Waals surface area contributed by atoms with E-state index in [0.29, 0.717) is 10.2 Å². The van der Waals surface area contributed by atoms with Crippen LogP contribution in [0.2, 0.25) is 0 Å². The Balaban J connectivity index is 3.13. The highest BCUT2D eigenvalue weighted by atomic mass is 28.1. The third-order valence-corrected chi connectivity index (χ3v) is 0.682. The van der Waals surface area contributed by atoms with Gasteiger partial charge in [-0.2, -0.15) is 5.26 Å². The van der Waals surface area contributed by atoms with E-state index in [1.165, 1.54) is 0 Å². The fourth-order valence-corrected chi connectivity index (χ4v) is 0.269. The van der Waals surface area contributed by atoms with Crippen molar-refractivity contribution < 1.29 is 4.79 Å². The summed E-state index contributed by atoms with van der Waals surface area (Å²) in [4.78, 5) is 9.88. The fraction of sp³-hybridized carbons (Fsp3) is 0.333. The first-order chi connectivity index (χ1) is 2.77. The fourth-order valence-electron chi connectivity index (χ4n) is 0.111. The molecule has 0 bridgehead atoms. The molecule has 0 N–H and O–H groups in total. The van der Waals surface area contributed by atoms with Crippen LogP contribution in [0.5, 0.6) is 0 Å². The van der Waals surface area contributed by atoms with Crippen molar-refractivity contribution in [3.8, 4) is 6.07 Å². The number of carbonyl (C=O) groups excluding carboxylic acids is 1. The predicted octanol–water partition coefficient (Wildman–Crippen LogP) is -1.21. The number of hydrogen-bond acceptors (Lipinski definition) is 2. The summed E-state index contributed by atoms with van der Waals surface area (Å²) >= 11 is 0. The molecule has 0 saturated heterocycles. The van der Waals surface area contributed by atoms with Gasteiger partial charge >= 0.3 is 0 Å². The second-order valence-corrected chi connectivity index (χ2v) is 2.15. The number of hydrogen-bond donors (Lipinski definition) is 0. The van der Waals surface area contributed by atoms with Crippen LogP contribution < -0.4 is 0 Å². The van der Waals surface area contributed by atoms with Crippen LogP contribution in [-0.4, -0.2) is 15.6 Å². The summed E-state index contributed by atoms with van der Waals surface area (Å²) in [6, 6.07) is 1.75. The van der Waals surface area contributed by atoms with E-state index < -0.39 is 0 Å². The first-order valence-corrected chi connectivity index (χ1v) is 2.63. The molecule has 6 heavy (non-hydrogen) atoms. The molecule has 32 valence electrons. The highest BCUT2D eigenvalue weighted by Crippen LogP contribution is 1.67. The van der Waals surface area contributed by atoms with Gasteiger partial charge in [-0.25, -0.2) is 0 Å². The van der Waals surface area contributed by atoms with Crippen molar-refractivity contribution in [1.82, 2.24) is 0 Å². The lowest BCUT2D eigenvalue weighted by Crippen LogP contribution is -1.90. The molecule has 0 fully saturated rings. The molecule has 0 saturated carbocycles. The first kappa shape index (κ1) is 5.38. The van der Waals surface area contributed by atoms with E-state index in [2.05, 4.69) is 0 Å². The lowest BCUT2D eigenvalue weighted by atomic mass is 10.5. The molecule has 0 aromatic carbocycles. The molecule has 0 rings (SSSR count). The van der Waals surface area contributed by atoms with Crippen molar-refractivity contribution in [2.24, 2.45) is 0 Å². The Hall–Kier alpha value is -0.623. The topological polar surface area (TPSA) is 40.9 Å². The maximum Gasteiger partial charge on any atom is 0.114 e. The van der Waals surface area contributed by atoms with Crippen LogP contribution in [0.1, 0.15) is 6.42 Å². The molecule has 0 aliphatic rings. The van der Waals surface area contributed by atoms with Crippen LogP contribution in [0.4, 0.5) is 0 Å². The van der Waals surface area contributed by atoms with E-state index >= 15 is 0 Å². The first-order valence-electron chi connectivity index (χ1n) is 1.63. The molecule has 0 aliphatic heterocycles. The van der Waals surface area contributed by atoms with E-state index in [4.69, 9.17) is 5.26 Å². The quantitative estimate of drug-likeness (QED) is 0.387. The molecule has 0 aromatic heterocycles. The van der Waals surface area contributed by atoms with Gasteiger partial charge in [-0.15, -0.1) is 0 Å². The summed E-state index contributed by atoms with van der Waals surface area (Å²) < 4.78 is 0. The third-order valence-electron chi connectivity index (χ3n) is 0.328. The molecule has 0 amide bonds. The molecule has 0 heterocycles. The zero-order valence-corrected chi connectivity index (χ0v) is 5.56. The Morgan fingerprint density at radius 1 is 2.00 bits per heavy atom. The molecule has 0 unspecified atom stereocenters. The Morgan fingerprint density at radius 3 is 2.50 bits per heavy atom. The SMILES string of the molecule is N#CCC(=O)[SiH3]. The average molecular weight is 99.2 g/mol. The summed E-state index contributed by atoms with van der Waals surface area (Å²) in [6.07, 6.45) is 0.103. The maximum absolute atomic E-state index is 9.88. The molecular weight excluding hydrogens is 94.1 g/mol. The van der Waals surface area contributed by atoms with Crippen molar-refractivity contribution in [3.63, 3.8) is 0 Å².